The van der Waals surface area contributed by atoms with Gasteiger partial charge in [0.15, 0.2) is 5.82 Å². The van der Waals surface area contributed by atoms with Crippen LogP contribution >= 0.6 is 0 Å². The van der Waals surface area contributed by atoms with E-state index in [9.17, 15) is 9.18 Å². The van der Waals surface area contributed by atoms with Gasteiger partial charge in [-0.25, -0.2) is 9.37 Å². The molecule has 10 heteroatoms. The number of pyridine rings is 2. The number of nitrogens with one attached hydrogen (secondary N) is 4. The number of carbonyl (C=O) groups is 1. The second kappa shape index (κ2) is 11.1. The Kier molecular flexibility index (Phi) is 6.89. The van der Waals surface area contributed by atoms with E-state index < -0.39 is 0 Å². The van der Waals surface area contributed by atoms with E-state index in [-0.39, 0.29) is 11.7 Å². The summed E-state index contributed by atoms with van der Waals surface area (Å²) in [5, 5.41) is 11.0. The van der Waals surface area contributed by atoms with Gasteiger partial charge in [-0.15, -0.1) is 0 Å². The Morgan fingerprint density at radius 3 is 2.69 bits per heavy atom. The first-order chi connectivity index (χ1) is 20.6. The van der Waals surface area contributed by atoms with Crippen molar-refractivity contribution in [2.45, 2.75) is 25.8 Å². The number of hydrazone groups is 1. The highest BCUT2D eigenvalue weighted by Crippen LogP contribution is 2.30. The van der Waals surface area contributed by atoms with Crippen molar-refractivity contribution in [3.63, 3.8) is 0 Å². The molecule has 9 nitrogen and oxygen atoms in total. The molecule has 0 spiro atoms. The summed E-state index contributed by atoms with van der Waals surface area (Å²) in [4.78, 5) is 30.1. The highest BCUT2D eigenvalue weighted by molar-refractivity contribution is 6.14. The summed E-state index contributed by atoms with van der Waals surface area (Å²) >= 11 is 0. The van der Waals surface area contributed by atoms with Gasteiger partial charge in [0.05, 0.1) is 35.2 Å². The Labute approximate surface area is 241 Å². The normalized spacial score (nSPS) is 15.1. The average Bonchev–Trinajstić information content (AvgIpc) is 3.46. The molecule has 1 amide bonds. The molecule has 2 aromatic carbocycles. The summed E-state index contributed by atoms with van der Waals surface area (Å²) in [7, 11) is 0. The molecule has 0 unspecified atom stereocenters. The molecule has 2 aliphatic heterocycles. The molecular formula is C32H29FN8O. The fourth-order valence-electron chi connectivity index (χ4n) is 5.66. The Hall–Kier alpha value is -4.96. The van der Waals surface area contributed by atoms with E-state index in [0.29, 0.717) is 41.8 Å². The van der Waals surface area contributed by atoms with E-state index >= 15 is 0 Å². The van der Waals surface area contributed by atoms with Crippen LogP contribution in [0.2, 0.25) is 0 Å². The zero-order valence-corrected chi connectivity index (χ0v) is 22.8. The first kappa shape index (κ1) is 26.0. The molecule has 210 valence electrons. The Morgan fingerprint density at radius 2 is 1.83 bits per heavy atom. The van der Waals surface area contributed by atoms with Crippen LogP contribution in [0.5, 0.6) is 0 Å². The molecule has 3 aromatic heterocycles. The molecule has 1 saturated heterocycles. The minimum atomic E-state index is -0.280. The van der Waals surface area contributed by atoms with Crippen LogP contribution in [0.1, 0.15) is 36.2 Å². The van der Waals surface area contributed by atoms with Gasteiger partial charge >= 0.3 is 0 Å². The minimum absolute atomic E-state index is 0.00429. The van der Waals surface area contributed by atoms with Gasteiger partial charge in [0, 0.05) is 41.1 Å². The van der Waals surface area contributed by atoms with Crippen molar-refractivity contribution in [2.24, 2.45) is 11.0 Å². The lowest BCUT2D eigenvalue weighted by Crippen LogP contribution is -2.30. The average molecular weight is 561 g/mol. The highest BCUT2D eigenvalue weighted by Gasteiger charge is 2.22. The number of nitrogens with zero attached hydrogens (tertiary/aromatic N) is 4. The fourth-order valence-corrected chi connectivity index (χ4v) is 5.66. The first-order valence-electron chi connectivity index (χ1n) is 14.1. The van der Waals surface area contributed by atoms with E-state index in [1.165, 1.54) is 12.1 Å². The van der Waals surface area contributed by atoms with E-state index in [0.717, 1.165) is 64.8 Å². The van der Waals surface area contributed by atoms with Crippen LogP contribution in [0.4, 0.5) is 10.1 Å². The number of H-pyrrole nitrogens is 1. The summed E-state index contributed by atoms with van der Waals surface area (Å²) in [6.07, 6.45) is 7.78. The lowest BCUT2D eigenvalue weighted by Gasteiger charge is -2.21. The Balaban J connectivity index is 1.17. The zero-order chi connectivity index (χ0) is 28.5. The number of fused-ring (bicyclic) bond motifs is 2. The van der Waals surface area contributed by atoms with Crippen LogP contribution in [-0.2, 0) is 11.3 Å². The zero-order valence-electron chi connectivity index (χ0n) is 22.8. The van der Waals surface area contributed by atoms with E-state index in [1.54, 1.807) is 24.5 Å². The summed E-state index contributed by atoms with van der Waals surface area (Å²) < 4.78 is 13.5. The molecule has 7 rings (SSSR count). The molecule has 0 bridgehead atoms. The maximum absolute atomic E-state index is 13.5. The van der Waals surface area contributed by atoms with Crippen molar-refractivity contribution in [1.29, 1.82) is 0 Å². The number of amides is 1. The van der Waals surface area contributed by atoms with Crippen LogP contribution < -0.4 is 16.1 Å². The van der Waals surface area contributed by atoms with Gasteiger partial charge in [-0.3, -0.25) is 14.8 Å². The molecule has 4 N–H and O–H groups in total. The van der Waals surface area contributed by atoms with Gasteiger partial charge in [-0.1, -0.05) is 24.3 Å². The lowest BCUT2D eigenvalue weighted by atomic mass is 9.94. The van der Waals surface area contributed by atoms with Crippen molar-refractivity contribution in [1.82, 2.24) is 30.7 Å². The first-order valence-corrected chi connectivity index (χ1v) is 14.1. The number of halogens is 1. The summed E-state index contributed by atoms with van der Waals surface area (Å²) in [5.74, 6) is 0.741. The van der Waals surface area contributed by atoms with Gasteiger partial charge < -0.3 is 21.0 Å². The molecule has 42 heavy (non-hydrogen) atoms. The number of imidazole rings is 1. The smallest absolute Gasteiger partial charge is 0.224 e. The summed E-state index contributed by atoms with van der Waals surface area (Å²) in [5.41, 5.74) is 11.2. The van der Waals surface area contributed by atoms with Gasteiger partial charge in [-0.2, -0.15) is 5.10 Å². The monoisotopic (exact) mass is 560 g/mol. The second-order valence-electron chi connectivity index (χ2n) is 10.7. The van der Waals surface area contributed by atoms with Crippen molar-refractivity contribution >= 4 is 28.3 Å². The molecule has 0 atom stereocenters. The third-order valence-electron chi connectivity index (χ3n) is 7.84. The predicted molar refractivity (Wildman–Crippen MR) is 160 cm³/mol. The summed E-state index contributed by atoms with van der Waals surface area (Å²) in [6.45, 7) is 2.46. The number of aromatic amines is 1. The minimum Gasteiger partial charge on any atom is -0.337 e. The predicted octanol–water partition coefficient (Wildman–Crippen LogP) is 5.01. The number of piperidine rings is 1. The fraction of sp³-hybridized carbons (Fsp3) is 0.219. The van der Waals surface area contributed by atoms with Crippen LogP contribution in [0, 0.1) is 11.7 Å². The maximum atomic E-state index is 13.5. The Bertz CT molecular complexity index is 1810. The largest absolute Gasteiger partial charge is 0.337 e. The van der Waals surface area contributed by atoms with Crippen molar-refractivity contribution in [3.05, 3.63) is 96.0 Å². The van der Waals surface area contributed by atoms with Crippen molar-refractivity contribution in [2.75, 3.05) is 18.4 Å². The highest BCUT2D eigenvalue weighted by atomic mass is 19.1. The van der Waals surface area contributed by atoms with Gasteiger partial charge in [0.2, 0.25) is 5.91 Å². The molecule has 0 saturated carbocycles. The van der Waals surface area contributed by atoms with Crippen LogP contribution in [0.15, 0.2) is 78.3 Å². The van der Waals surface area contributed by atoms with Crippen molar-refractivity contribution < 1.29 is 9.18 Å². The number of hydrogen-bond donors (Lipinski definition) is 4. The van der Waals surface area contributed by atoms with Crippen LogP contribution in [0.25, 0.3) is 33.4 Å². The number of benzene rings is 2. The number of hydrogen-bond acceptors (Lipinski definition) is 7. The molecule has 1 fully saturated rings. The molecule has 0 radical (unpaired) electrons. The van der Waals surface area contributed by atoms with E-state index in [1.807, 2.05) is 36.5 Å². The van der Waals surface area contributed by atoms with Crippen LogP contribution in [-0.4, -0.2) is 44.6 Å². The van der Waals surface area contributed by atoms with Crippen LogP contribution in [0.3, 0.4) is 0 Å². The quantitative estimate of drug-likeness (QED) is 0.232. The molecule has 2 aliphatic rings. The van der Waals surface area contributed by atoms with Crippen molar-refractivity contribution in [3.8, 4) is 22.4 Å². The summed E-state index contributed by atoms with van der Waals surface area (Å²) in [6, 6.07) is 16.2. The maximum Gasteiger partial charge on any atom is 0.224 e. The molecular weight excluding hydrogens is 531 g/mol. The number of rotatable bonds is 6. The Morgan fingerprint density at radius 1 is 0.976 bits per heavy atom. The second-order valence-corrected chi connectivity index (χ2v) is 10.7. The van der Waals surface area contributed by atoms with Gasteiger partial charge in [0.1, 0.15) is 11.5 Å². The third kappa shape index (κ3) is 5.24. The molecule has 5 aromatic rings. The number of carbonyl (C=O) groups excluding carboxylic acids is 1. The molecule has 5 heterocycles. The van der Waals surface area contributed by atoms with E-state index in [2.05, 4.69) is 31.1 Å². The standard InChI is InChI=1S/C32H29FN8O/c33-23-6-4-20(5-7-23)25-2-1-3-27-30(25)40-32(39-27)31-26-14-28(36-16-22(26)17-37-41-31)21-13-24(18-35-15-21)38-29(42)12-19-8-10-34-11-9-19/h1-7,13-16,18-19,34,37H,8-12,17H2,(H,38,42)(H,39,40). The lowest BCUT2D eigenvalue weighted by molar-refractivity contribution is -0.117. The number of aromatic nitrogens is 4. The number of anilines is 1. The van der Waals surface area contributed by atoms with E-state index in [4.69, 9.17) is 9.97 Å². The van der Waals surface area contributed by atoms with Gasteiger partial charge in [0.25, 0.3) is 0 Å². The molecule has 0 aliphatic carbocycles. The topological polar surface area (TPSA) is 120 Å². The number of para-hydroxylation sites is 1. The van der Waals surface area contributed by atoms with Gasteiger partial charge in [-0.05, 0) is 67.7 Å². The third-order valence-corrected chi connectivity index (χ3v) is 7.84. The SMILES string of the molecule is O=C(CC1CCNCC1)Nc1cncc(-c2cc3c(cn2)CNN=C3c2nc3c(-c4ccc(F)cc4)cccc3[nH]2)c1.